The maximum Gasteiger partial charge on any atom is 0.211 e. The Bertz CT molecular complexity index is 978. The zero-order chi connectivity index (χ0) is 18.2. The summed E-state index contributed by atoms with van der Waals surface area (Å²) in [6, 6.07) is 15.0. The van der Waals surface area contributed by atoms with Gasteiger partial charge in [0.05, 0.1) is 0 Å². The highest BCUT2D eigenvalue weighted by Crippen LogP contribution is 2.48. The smallest absolute Gasteiger partial charge is 0.211 e. The number of ether oxygens (including phenoxy) is 1. The first kappa shape index (κ1) is 16.1. The molecule has 136 valence electrons. The van der Waals surface area contributed by atoms with Crippen LogP contribution in [0.2, 0.25) is 0 Å². The highest BCUT2D eigenvalue weighted by atomic mass is 16.5. The van der Waals surface area contributed by atoms with Gasteiger partial charge in [0, 0.05) is 24.4 Å². The normalized spacial score (nSPS) is 18.0. The van der Waals surface area contributed by atoms with Gasteiger partial charge in [0.2, 0.25) is 5.82 Å². The number of aromatic nitrogens is 4. The van der Waals surface area contributed by atoms with E-state index >= 15 is 0 Å². The third kappa shape index (κ3) is 2.87. The van der Waals surface area contributed by atoms with Crippen LogP contribution in [0.15, 0.2) is 54.2 Å². The summed E-state index contributed by atoms with van der Waals surface area (Å²) in [5.74, 6) is 1.89. The number of hydrogen-bond acceptors (Lipinski definition) is 5. The first-order chi connectivity index (χ1) is 13.3. The molecule has 5 rings (SSSR count). The van der Waals surface area contributed by atoms with Gasteiger partial charge in [-0.2, -0.15) is 5.21 Å². The van der Waals surface area contributed by atoms with Crippen LogP contribution in [-0.2, 0) is 6.61 Å². The molecule has 0 saturated heterocycles. The first-order valence-corrected chi connectivity index (χ1v) is 9.33. The van der Waals surface area contributed by atoms with Crippen molar-refractivity contribution in [1.29, 1.82) is 0 Å². The summed E-state index contributed by atoms with van der Waals surface area (Å²) in [5.41, 5.74) is 6.72. The minimum absolute atomic E-state index is 0.303. The molecule has 1 unspecified atom stereocenters. The van der Waals surface area contributed by atoms with Gasteiger partial charge in [-0.1, -0.05) is 29.5 Å². The summed E-state index contributed by atoms with van der Waals surface area (Å²) >= 11 is 0. The number of anilines is 1. The molecule has 2 heterocycles. The molecule has 1 N–H and O–H groups in total. The Balaban J connectivity index is 1.38. The van der Waals surface area contributed by atoms with Crippen LogP contribution in [-0.4, -0.2) is 27.7 Å². The SMILES string of the molecule is CN1C2=CCCCC2c2cc(-c3ccc(OCc4nn[nH]n4)cc3)ccc21. The summed E-state index contributed by atoms with van der Waals surface area (Å²) in [5, 5.41) is 13.7. The van der Waals surface area contributed by atoms with Gasteiger partial charge in [0.1, 0.15) is 5.75 Å². The number of allylic oxidation sites excluding steroid dienone is 2. The number of rotatable bonds is 4. The minimum Gasteiger partial charge on any atom is -0.485 e. The zero-order valence-corrected chi connectivity index (χ0v) is 15.2. The predicted octanol–water partition coefficient (Wildman–Crippen LogP) is 4.05. The average molecular weight is 359 g/mol. The highest BCUT2D eigenvalue weighted by molar-refractivity contribution is 5.75. The van der Waals surface area contributed by atoms with E-state index in [0.29, 0.717) is 18.3 Å². The Morgan fingerprint density at radius 1 is 1.15 bits per heavy atom. The number of tetrazole rings is 1. The molecule has 0 radical (unpaired) electrons. The molecule has 3 aromatic rings. The second-order valence-electron chi connectivity index (χ2n) is 7.09. The molecular weight excluding hydrogens is 338 g/mol. The molecule has 0 spiro atoms. The molecule has 1 aliphatic heterocycles. The van der Waals surface area contributed by atoms with E-state index in [2.05, 4.69) is 69.0 Å². The number of aromatic amines is 1. The molecule has 6 heteroatoms. The summed E-state index contributed by atoms with van der Waals surface area (Å²) in [7, 11) is 2.19. The van der Waals surface area contributed by atoms with Crippen molar-refractivity contribution in [2.75, 3.05) is 11.9 Å². The van der Waals surface area contributed by atoms with Crippen molar-refractivity contribution in [3.05, 3.63) is 65.6 Å². The molecule has 0 saturated carbocycles. The first-order valence-electron chi connectivity index (χ1n) is 9.33. The molecule has 2 aromatic carbocycles. The predicted molar refractivity (Wildman–Crippen MR) is 103 cm³/mol. The molecule has 2 aliphatic rings. The second-order valence-corrected chi connectivity index (χ2v) is 7.09. The number of nitrogens with one attached hydrogen (secondary N) is 1. The Morgan fingerprint density at radius 2 is 2.00 bits per heavy atom. The Hall–Kier alpha value is -3.15. The number of fused-ring (bicyclic) bond motifs is 3. The summed E-state index contributed by atoms with van der Waals surface area (Å²) in [6.07, 6.45) is 6.12. The quantitative estimate of drug-likeness (QED) is 0.761. The van der Waals surface area contributed by atoms with E-state index in [-0.39, 0.29) is 0 Å². The number of nitrogens with zero attached hydrogens (tertiary/aromatic N) is 4. The number of likely N-dealkylation sites (N-methyl/N-ethyl adjacent to an activating group) is 1. The lowest BCUT2D eigenvalue weighted by Crippen LogP contribution is -2.15. The van der Waals surface area contributed by atoms with Crippen LogP contribution in [0.5, 0.6) is 5.75 Å². The van der Waals surface area contributed by atoms with Gasteiger partial charge in [-0.15, -0.1) is 10.2 Å². The van der Waals surface area contributed by atoms with Crippen molar-refractivity contribution in [3.8, 4) is 16.9 Å². The van der Waals surface area contributed by atoms with Crippen molar-refractivity contribution < 1.29 is 4.74 Å². The van der Waals surface area contributed by atoms with Gasteiger partial charge in [-0.05, 0) is 60.2 Å². The maximum atomic E-state index is 5.70. The zero-order valence-electron chi connectivity index (χ0n) is 15.2. The van der Waals surface area contributed by atoms with Gasteiger partial charge in [-0.3, -0.25) is 0 Å². The number of benzene rings is 2. The van der Waals surface area contributed by atoms with E-state index in [0.717, 1.165) is 5.75 Å². The van der Waals surface area contributed by atoms with Crippen molar-refractivity contribution >= 4 is 5.69 Å². The third-order valence-corrected chi connectivity index (χ3v) is 5.50. The highest BCUT2D eigenvalue weighted by Gasteiger charge is 2.32. The van der Waals surface area contributed by atoms with E-state index < -0.39 is 0 Å². The van der Waals surface area contributed by atoms with Crippen LogP contribution in [0, 0.1) is 0 Å². The Morgan fingerprint density at radius 3 is 2.81 bits per heavy atom. The van der Waals surface area contributed by atoms with Gasteiger partial charge < -0.3 is 9.64 Å². The summed E-state index contributed by atoms with van der Waals surface area (Å²) in [6.45, 7) is 0.303. The van der Waals surface area contributed by atoms with Crippen LogP contribution in [0.3, 0.4) is 0 Å². The second kappa shape index (κ2) is 6.54. The average Bonchev–Trinajstić information content (AvgIpc) is 3.34. The van der Waals surface area contributed by atoms with Gasteiger partial charge in [0.15, 0.2) is 6.61 Å². The van der Waals surface area contributed by atoms with Gasteiger partial charge in [0.25, 0.3) is 0 Å². The lowest BCUT2D eigenvalue weighted by Gasteiger charge is -2.21. The van der Waals surface area contributed by atoms with Crippen LogP contribution in [0.4, 0.5) is 5.69 Å². The molecule has 1 aromatic heterocycles. The van der Waals surface area contributed by atoms with Crippen molar-refractivity contribution in [3.63, 3.8) is 0 Å². The summed E-state index contributed by atoms with van der Waals surface area (Å²) < 4.78 is 5.70. The fourth-order valence-electron chi connectivity index (χ4n) is 4.14. The van der Waals surface area contributed by atoms with Crippen molar-refractivity contribution in [1.82, 2.24) is 20.6 Å². The largest absolute Gasteiger partial charge is 0.485 e. The van der Waals surface area contributed by atoms with Crippen LogP contribution in [0.25, 0.3) is 11.1 Å². The van der Waals surface area contributed by atoms with E-state index in [4.69, 9.17) is 4.74 Å². The monoisotopic (exact) mass is 359 g/mol. The molecular formula is C21H21N5O. The fraction of sp³-hybridized carbons (Fsp3) is 0.286. The summed E-state index contributed by atoms with van der Waals surface area (Å²) in [4.78, 5) is 2.36. The third-order valence-electron chi connectivity index (χ3n) is 5.50. The molecule has 0 bridgehead atoms. The van der Waals surface area contributed by atoms with Crippen LogP contribution in [0.1, 0.15) is 36.6 Å². The van der Waals surface area contributed by atoms with E-state index in [1.807, 2.05) is 12.1 Å². The van der Waals surface area contributed by atoms with Crippen molar-refractivity contribution in [2.45, 2.75) is 31.8 Å². The van der Waals surface area contributed by atoms with Gasteiger partial charge in [-0.25, -0.2) is 0 Å². The van der Waals surface area contributed by atoms with E-state index in [9.17, 15) is 0 Å². The maximum absolute atomic E-state index is 5.70. The Labute approximate surface area is 157 Å². The molecule has 27 heavy (non-hydrogen) atoms. The topological polar surface area (TPSA) is 66.9 Å². The lowest BCUT2D eigenvalue weighted by molar-refractivity contribution is 0.296. The molecule has 0 fully saturated rings. The van der Waals surface area contributed by atoms with Crippen LogP contribution < -0.4 is 9.64 Å². The van der Waals surface area contributed by atoms with E-state index in [1.54, 1.807) is 0 Å². The molecule has 6 nitrogen and oxygen atoms in total. The lowest BCUT2D eigenvalue weighted by atomic mass is 9.87. The number of H-pyrrole nitrogens is 1. The number of hydrogen-bond donors (Lipinski definition) is 1. The minimum atomic E-state index is 0.303. The van der Waals surface area contributed by atoms with Crippen molar-refractivity contribution in [2.24, 2.45) is 0 Å². The fourth-order valence-corrected chi connectivity index (χ4v) is 4.14. The molecule has 0 amide bonds. The van der Waals surface area contributed by atoms with Crippen LogP contribution >= 0.6 is 0 Å². The molecule has 1 aliphatic carbocycles. The van der Waals surface area contributed by atoms with Gasteiger partial charge >= 0.3 is 0 Å². The standard InChI is InChI=1S/C21H21N5O/c1-26-19-5-3-2-4-17(19)18-12-15(8-11-20(18)26)14-6-9-16(10-7-14)27-13-21-22-24-25-23-21/h5-12,17H,2-4,13H2,1H3,(H,22,23,24,25). The van der Waals surface area contributed by atoms with E-state index in [1.165, 1.54) is 47.3 Å². The molecule has 1 atom stereocenters. The Kier molecular flexibility index (Phi) is 3.89.